The third-order valence-corrected chi connectivity index (χ3v) is 2.86. The number of rotatable bonds is 10. The number of aliphatic carboxylic acids is 1. The highest BCUT2D eigenvalue weighted by molar-refractivity contribution is 5.88. The van der Waals surface area contributed by atoms with Crippen LogP contribution in [-0.2, 0) is 14.4 Å². The molecule has 0 saturated carbocycles. The molecule has 14 nitrogen and oxygen atoms in total. The minimum Gasteiger partial charge on any atom is -0.475 e. The molecule has 0 aliphatic rings. The summed E-state index contributed by atoms with van der Waals surface area (Å²) in [7, 11) is 0. The Morgan fingerprint density at radius 1 is 1.21 bits per heavy atom. The summed E-state index contributed by atoms with van der Waals surface area (Å²) >= 11 is 0. The van der Waals surface area contributed by atoms with Crippen LogP contribution in [0.3, 0.4) is 0 Å². The molecule has 2 atom stereocenters. The minimum atomic E-state index is -5.08. The van der Waals surface area contributed by atoms with E-state index in [1.54, 1.807) is 5.43 Å². The Bertz CT molecular complexity index is 601. The maximum atomic E-state index is 11.8. The lowest BCUT2D eigenvalue weighted by atomic mass is 10.1. The zero-order chi connectivity index (χ0) is 23.2. The van der Waals surface area contributed by atoms with Crippen LogP contribution in [0.4, 0.5) is 13.2 Å². The summed E-state index contributed by atoms with van der Waals surface area (Å²) in [6, 6.07) is -1.72. The number of guanidine groups is 1. The summed E-state index contributed by atoms with van der Waals surface area (Å²) in [4.78, 5) is 45.5. The maximum Gasteiger partial charge on any atom is 0.490 e. The van der Waals surface area contributed by atoms with Crippen molar-refractivity contribution in [1.29, 1.82) is 0 Å². The molecule has 0 aliphatic carbocycles. The van der Waals surface area contributed by atoms with E-state index < -0.39 is 41.1 Å². The molecule has 17 heteroatoms. The molecule has 0 aliphatic heterocycles. The van der Waals surface area contributed by atoms with Crippen molar-refractivity contribution in [2.24, 2.45) is 27.9 Å². The molecular weight excluding hydrogens is 409 g/mol. The van der Waals surface area contributed by atoms with E-state index in [-0.39, 0.29) is 31.9 Å². The highest BCUT2D eigenvalue weighted by Crippen LogP contribution is 2.13. The van der Waals surface area contributed by atoms with Crippen molar-refractivity contribution >= 4 is 23.7 Å². The van der Waals surface area contributed by atoms with Crippen molar-refractivity contribution < 1.29 is 37.7 Å². The molecule has 11 N–H and O–H groups in total. The fourth-order valence-electron chi connectivity index (χ4n) is 1.50. The van der Waals surface area contributed by atoms with Gasteiger partial charge in [0.25, 0.3) is 5.96 Å². The highest BCUT2D eigenvalue weighted by atomic mass is 19.4. The number of carbonyl (C=O) groups is 3. The number of hydrogen-bond donors (Lipinski definition) is 7. The first-order valence-electron chi connectivity index (χ1n) is 7.78. The minimum absolute atomic E-state index is 0.162. The molecule has 2 amide bonds. The van der Waals surface area contributed by atoms with E-state index in [2.05, 4.69) is 10.3 Å². The van der Waals surface area contributed by atoms with Crippen LogP contribution in [0.15, 0.2) is 4.99 Å². The molecule has 168 valence electrons. The second-order valence-corrected chi connectivity index (χ2v) is 5.23. The van der Waals surface area contributed by atoms with E-state index in [0.29, 0.717) is 6.42 Å². The summed E-state index contributed by atoms with van der Waals surface area (Å²) < 4.78 is 31.7. The Labute approximate surface area is 162 Å². The molecule has 0 saturated heterocycles. The Balaban J connectivity index is 0. The quantitative estimate of drug-likeness (QED) is 0.0610. The summed E-state index contributed by atoms with van der Waals surface area (Å²) in [6.45, 7) is 0.357. The van der Waals surface area contributed by atoms with Gasteiger partial charge in [-0.15, -0.1) is 0 Å². The van der Waals surface area contributed by atoms with E-state index in [4.69, 9.17) is 32.8 Å². The molecule has 0 rings (SSSR count). The number of carboxylic acid groups (broad SMARTS) is 1. The number of carboxylic acids is 1. The monoisotopic (exact) mass is 432 g/mol. The summed E-state index contributed by atoms with van der Waals surface area (Å²) in [5.41, 5.74) is 23.0. The average molecular weight is 432 g/mol. The van der Waals surface area contributed by atoms with Gasteiger partial charge in [-0.3, -0.25) is 9.59 Å². The summed E-state index contributed by atoms with van der Waals surface area (Å²) in [5.74, 6) is -4.31. The lowest BCUT2D eigenvalue weighted by Gasteiger charge is -2.17. The molecule has 0 aromatic heterocycles. The van der Waals surface area contributed by atoms with Crippen LogP contribution in [-0.4, -0.2) is 65.2 Å². The van der Waals surface area contributed by atoms with Crippen molar-refractivity contribution in [2.45, 2.75) is 37.5 Å². The molecule has 0 aromatic rings. The smallest absolute Gasteiger partial charge is 0.475 e. The van der Waals surface area contributed by atoms with E-state index in [0.717, 1.165) is 0 Å². The van der Waals surface area contributed by atoms with Gasteiger partial charge in [0, 0.05) is 6.54 Å². The normalized spacial score (nSPS) is 13.3. The Hall–Kier alpha value is -3.21. The van der Waals surface area contributed by atoms with Crippen LogP contribution < -0.4 is 33.7 Å². The fourth-order valence-corrected chi connectivity index (χ4v) is 1.50. The third-order valence-electron chi connectivity index (χ3n) is 2.86. The first kappa shape index (κ1) is 28.0. The van der Waals surface area contributed by atoms with Crippen LogP contribution in [0, 0.1) is 10.1 Å². The molecule has 29 heavy (non-hydrogen) atoms. The molecule has 0 heterocycles. The zero-order valence-corrected chi connectivity index (χ0v) is 15.0. The second-order valence-electron chi connectivity index (χ2n) is 5.23. The van der Waals surface area contributed by atoms with Gasteiger partial charge in [-0.2, -0.15) is 13.2 Å². The van der Waals surface area contributed by atoms with Crippen LogP contribution in [0.2, 0.25) is 0 Å². The van der Waals surface area contributed by atoms with Crippen LogP contribution in [0.25, 0.3) is 0 Å². The number of aliphatic imine (C=N–C) groups is 1. The SMILES string of the molecule is NCC[C@H](NC(=O)[C@@H](N)CCCN=C(N)N[N+](=O)[O-])C(N)=O.O=C(O)C(F)(F)F. The van der Waals surface area contributed by atoms with E-state index in [1.807, 2.05) is 0 Å². The summed E-state index contributed by atoms with van der Waals surface area (Å²) in [5, 5.41) is 18.8. The molecule has 0 aromatic carbocycles. The number of amides is 2. The molecule has 0 unspecified atom stereocenters. The van der Waals surface area contributed by atoms with Gasteiger partial charge >= 0.3 is 12.1 Å². The van der Waals surface area contributed by atoms with Gasteiger partial charge in [-0.25, -0.2) is 19.9 Å². The van der Waals surface area contributed by atoms with Gasteiger partial charge in [0.1, 0.15) is 6.04 Å². The number of nitrogens with one attached hydrogen (secondary N) is 2. The van der Waals surface area contributed by atoms with Gasteiger partial charge in [0.05, 0.1) is 6.04 Å². The van der Waals surface area contributed by atoms with Crippen molar-refractivity contribution in [3.05, 3.63) is 10.1 Å². The van der Waals surface area contributed by atoms with E-state index in [1.165, 1.54) is 0 Å². The van der Waals surface area contributed by atoms with Crippen molar-refractivity contribution in [3.63, 3.8) is 0 Å². The van der Waals surface area contributed by atoms with Gasteiger partial charge in [0.15, 0.2) is 5.03 Å². The molecule has 0 radical (unpaired) electrons. The van der Waals surface area contributed by atoms with Crippen LogP contribution >= 0.6 is 0 Å². The number of alkyl halides is 3. The average Bonchev–Trinajstić information content (AvgIpc) is 2.56. The summed E-state index contributed by atoms with van der Waals surface area (Å²) in [6.07, 6.45) is -4.22. The highest BCUT2D eigenvalue weighted by Gasteiger charge is 2.38. The zero-order valence-electron chi connectivity index (χ0n) is 15.0. The largest absolute Gasteiger partial charge is 0.490 e. The lowest BCUT2D eigenvalue weighted by Crippen LogP contribution is -2.51. The van der Waals surface area contributed by atoms with Gasteiger partial charge in [-0.05, 0) is 25.8 Å². The maximum absolute atomic E-state index is 11.8. The van der Waals surface area contributed by atoms with Gasteiger partial charge < -0.3 is 33.4 Å². The number of nitro groups is 1. The first-order valence-corrected chi connectivity index (χ1v) is 7.78. The number of hydrazine groups is 1. The Morgan fingerprint density at radius 2 is 1.72 bits per heavy atom. The number of nitrogens with zero attached hydrogens (tertiary/aromatic N) is 2. The third kappa shape index (κ3) is 15.5. The van der Waals surface area contributed by atoms with Crippen molar-refractivity contribution in [3.8, 4) is 0 Å². The molecule has 0 spiro atoms. The van der Waals surface area contributed by atoms with E-state index >= 15 is 0 Å². The van der Waals surface area contributed by atoms with Gasteiger partial charge in [0.2, 0.25) is 11.8 Å². The van der Waals surface area contributed by atoms with Crippen LogP contribution in [0.1, 0.15) is 19.3 Å². The molecular formula is C12H23F3N8O6. The first-order chi connectivity index (χ1) is 13.2. The topological polar surface area (TPSA) is 255 Å². The second kappa shape index (κ2) is 13.9. The van der Waals surface area contributed by atoms with Crippen molar-refractivity contribution in [1.82, 2.24) is 10.7 Å². The number of nitrogens with two attached hydrogens (primary N) is 4. The predicted molar refractivity (Wildman–Crippen MR) is 92.3 cm³/mol. The Morgan fingerprint density at radius 3 is 2.10 bits per heavy atom. The fraction of sp³-hybridized carbons (Fsp3) is 0.667. The molecule has 0 bridgehead atoms. The lowest BCUT2D eigenvalue weighted by molar-refractivity contribution is -0.525. The van der Waals surface area contributed by atoms with Gasteiger partial charge in [-0.1, -0.05) is 5.43 Å². The number of halogens is 3. The van der Waals surface area contributed by atoms with Crippen LogP contribution in [0.5, 0.6) is 0 Å². The standard InChI is InChI=1S/C10H22N8O4.C2HF3O2/c11-4-3-7(8(13)19)16-9(20)6(12)2-1-5-15-10(14)17-18(21)22;3-2(4,5)1(6)7/h6-7H,1-5,11-12H2,(H2,13,19)(H,16,20)(H3,14,15,17);(H,6,7)/t6-,7-;/m0./s1. The number of carbonyl (C=O) groups excluding carboxylic acids is 2. The number of hydrogen-bond acceptors (Lipinski definition) is 8. The number of primary amides is 1. The van der Waals surface area contributed by atoms with Crippen molar-refractivity contribution in [2.75, 3.05) is 13.1 Å². The van der Waals surface area contributed by atoms with E-state index in [9.17, 15) is 32.9 Å². The Kier molecular flexibility index (Phi) is 13.4. The molecule has 0 fully saturated rings. The predicted octanol–water partition coefficient (Wildman–Crippen LogP) is -2.86.